The molecular weight excluding hydrogens is 311 g/mol. The number of methoxy groups -OCH3 is 2. The first-order chi connectivity index (χ1) is 11.6. The van der Waals surface area contributed by atoms with E-state index in [1.165, 1.54) is 12.1 Å². The summed E-state index contributed by atoms with van der Waals surface area (Å²) in [6.45, 7) is 0. The third-order valence-electron chi connectivity index (χ3n) is 3.67. The zero-order valence-corrected chi connectivity index (χ0v) is 13.3. The van der Waals surface area contributed by atoms with E-state index in [-0.39, 0.29) is 5.82 Å². The molecule has 0 radical (unpaired) electrons. The van der Waals surface area contributed by atoms with E-state index in [1.54, 1.807) is 38.5 Å². The monoisotopic (exact) mass is 328 g/mol. The third-order valence-corrected chi connectivity index (χ3v) is 3.67. The van der Waals surface area contributed by atoms with Crippen molar-refractivity contribution in [2.45, 2.75) is 6.04 Å². The molecule has 3 aromatic rings. The first-order valence-corrected chi connectivity index (χ1v) is 7.28. The van der Waals surface area contributed by atoms with Gasteiger partial charge in [-0.2, -0.15) is 5.10 Å². The van der Waals surface area contributed by atoms with Crippen LogP contribution in [0.4, 0.5) is 4.39 Å². The van der Waals surface area contributed by atoms with E-state index in [2.05, 4.69) is 15.2 Å². The van der Waals surface area contributed by atoms with Gasteiger partial charge in [0.15, 0.2) is 17.3 Å². The van der Waals surface area contributed by atoms with Crippen LogP contribution in [0.5, 0.6) is 11.5 Å². The van der Waals surface area contributed by atoms with Crippen molar-refractivity contribution in [1.29, 1.82) is 0 Å². The zero-order valence-electron chi connectivity index (χ0n) is 13.3. The van der Waals surface area contributed by atoms with E-state index in [4.69, 9.17) is 15.2 Å². The number of hydrogen-bond acceptors (Lipinski definition) is 5. The minimum Gasteiger partial charge on any atom is -0.493 e. The van der Waals surface area contributed by atoms with E-state index >= 15 is 0 Å². The highest BCUT2D eigenvalue weighted by molar-refractivity contribution is 5.61. The number of ether oxygens (including phenoxy) is 2. The lowest BCUT2D eigenvalue weighted by Gasteiger charge is -2.08. The second-order valence-corrected chi connectivity index (χ2v) is 5.14. The van der Waals surface area contributed by atoms with Crippen molar-refractivity contribution in [3.05, 3.63) is 59.7 Å². The Labute approximate surface area is 138 Å². The van der Waals surface area contributed by atoms with Crippen LogP contribution in [0.3, 0.4) is 0 Å². The SMILES string of the molecule is COc1ccc(-c2n[nH]c([C@H](N)c3ccc(F)cc3)n2)cc1OC. The lowest BCUT2D eigenvalue weighted by Crippen LogP contribution is -2.13. The van der Waals surface area contributed by atoms with Gasteiger partial charge in [-0.3, -0.25) is 5.10 Å². The Morgan fingerprint density at radius 1 is 1.04 bits per heavy atom. The van der Waals surface area contributed by atoms with Gasteiger partial charge in [0, 0.05) is 5.56 Å². The molecule has 6 nitrogen and oxygen atoms in total. The van der Waals surface area contributed by atoms with Crippen LogP contribution in [0.25, 0.3) is 11.4 Å². The van der Waals surface area contributed by atoms with Gasteiger partial charge < -0.3 is 15.2 Å². The lowest BCUT2D eigenvalue weighted by molar-refractivity contribution is 0.355. The van der Waals surface area contributed by atoms with Gasteiger partial charge in [0.25, 0.3) is 0 Å². The minimum atomic E-state index is -0.521. The second-order valence-electron chi connectivity index (χ2n) is 5.14. The molecule has 0 aliphatic heterocycles. The number of rotatable bonds is 5. The molecule has 1 aromatic heterocycles. The Balaban J connectivity index is 1.89. The van der Waals surface area contributed by atoms with Crippen LogP contribution in [0, 0.1) is 5.82 Å². The predicted molar refractivity (Wildman–Crippen MR) is 87.4 cm³/mol. The number of hydrogen-bond donors (Lipinski definition) is 2. The summed E-state index contributed by atoms with van der Waals surface area (Å²) in [6.07, 6.45) is 0. The standard InChI is InChI=1S/C17H17FN4O2/c1-23-13-8-5-11(9-14(13)24-2)16-20-17(22-21-16)15(19)10-3-6-12(18)7-4-10/h3-9,15H,19H2,1-2H3,(H,20,21,22)/t15-/m1/s1. The van der Waals surface area contributed by atoms with Crippen molar-refractivity contribution in [2.24, 2.45) is 5.73 Å². The highest BCUT2D eigenvalue weighted by Gasteiger charge is 2.16. The third kappa shape index (κ3) is 3.07. The van der Waals surface area contributed by atoms with Gasteiger partial charge >= 0.3 is 0 Å². The van der Waals surface area contributed by atoms with Gasteiger partial charge in [-0.1, -0.05) is 12.1 Å². The number of aromatic nitrogens is 3. The fraction of sp³-hybridized carbons (Fsp3) is 0.176. The number of benzene rings is 2. The number of nitrogens with zero attached hydrogens (tertiary/aromatic N) is 2. The molecule has 0 saturated heterocycles. The number of H-pyrrole nitrogens is 1. The number of halogens is 1. The largest absolute Gasteiger partial charge is 0.493 e. The molecule has 0 fully saturated rings. The Kier molecular flexibility index (Phi) is 4.43. The van der Waals surface area contributed by atoms with E-state index < -0.39 is 6.04 Å². The Bertz CT molecular complexity index is 833. The molecule has 0 unspecified atom stereocenters. The molecule has 0 bridgehead atoms. The van der Waals surface area contributed by atoms with Crippen LogP contribution in [0.15, 0.2) is 42.5 Å². The maximum absolute atomic E-state index is 13.0. The zero-order chi connectivity index (χ0) is 17.1. The lowest BCUT2D eigenvalue weighted by atomic mass is 10.1. The molecule has 0 spiro atoms. The highest BCUT2D eigenvalue weighted by atomic mass is 19.1. The maximum atomic E-state index is 13.0. The quantitative estimate of drug-likeness (QED) is 0.752. The average molecular weight is 328 g/mol. The molecule has 0 saturated carbocycles. The molecule has 0 aliphatic carbocycles. The fourth-order valence-corrected chi connectivity index (χ4v) is 2.35. The summed E-state index contributed by atoms with van der Waals surface area (Å²) >= 11 is 0. The summed E-state index contributed by atoms with van der Waals surface area (Å²) in [4.78, 5) is 4.43. The van der Waals surface area contributed by atoms with Crippen molar-refractivity contribution in [3.8, 4) is 22.9 Å². The number of nitrogens with two attached hydrogens (primary N) is 1. The normalized spacial score (nSPS) is 12.0. The molecule has 3 N–H and O–H groups in total. The maximum Gasteiger partial charge on any atom is 0.181 e. The summed E-state index contributed by atoms with van der Waals surface area (Å²) in [5.74, 6) is 1.88. The minimum absolute atomic E-state index is 0.311. The fourth-order valence-electron chi connectivity index (χ4n) is 2.35. The van der Waals surface area contributed by atoms with Crippen molar-refractivity contribution in [1.82, 2.24) is 15.2 Å². The van der Waals surface area contributed by atoms with E-state index in [9.17, 15) is 4.39 Å². The van der Waals surface area contributed by atoms with Crippen LogP contribution >= 0.6 is 0 Å². The van der Waals surface area contributed by atoms with Crippen molar-refractivity contribution >= 4 is 0 Å². The first-order valence-electron chi connectivity index (χ1n) is 7.28. The molecule has 7 heteroatoms. The van der Waals surface area contributed by atoms with Gasteiger partial charge in [0.1, 0.15) is 11.6 Å². The molecule has 3 rings (SSSR count). The van der Waals surface area contributed by atoms with Crippen LogP contribution in [-0.2, 0) is 0 Å². The second kappa shape index (κ2) is 6.67. The predicted octanol–water partition coefficient (Wildman–Crippen LogP) is 2.68. The van der Waals surface area contributed by atoms with Gasteiger partial charge in [-0.15, -0.1) is 0 Å². The topological polar surface area (TPSA) is 86.0 Å². The number of aromatic amines is 1. The summed E-state index contributed by atoms with van der Waals surface area (Å²) in [6, 6.07) is 10.8. The molecule has 1 heterocycles. The summed E-state index contributed by atoms with van der Waals surface area (Å²) in [7, 11) is 3.14. The van der Waals surface area contributed by atoms with E-state index in [0.29, 0.717) is 23.1 Å². The smallest absolute Gasteiger partial charge is 0.181 e. The Morgan fingerprint density at radius 2 is 1.75 bits per heavy atom. The van der Waals surface area contributed by atoms with Gasteiger partial charge in [0.2, 0.25) is 0 Å². The molecular formula is C17H17FN4O2. The van der Waals surface area contributed by atoms with Crippen molar-refractivity contribution < 1.29 is 13.9 Å². The summed E-state index contributed by atoms with van der Waals surface area (Å²) in [5, 5.41) is 7.03. The first kappa shape index (κ1) is 15.9. The van der Waals surface area contributed by atoms with E-state index in [0.717, 1.165) is 11.1 Å². The van der Waals surface area contributed by atoms with Gasteiger partial charge in [-0.05, 0) is 35.9 Å². The highest BCUT2D eigenvalue weighted by Crippen LogP contribution is 2.31. The average Bonchev–Trinajstić information content (AvgIpc) is 3.11. The molecule has 24 heavy (non-hydrogen) atoms. The Morgan fingerprint density at radius 3 is 2.42 bits per heavy atom. The van der Waals surface area contributed by atoms with Crippen molar-refractivity contribution in [2.75, 3.05) is 14.2 Å². The molecule has 0 amide bonds. The van der Waals surface area contributed by atoms with E-state index in [1.807, 2.05) is 6.07 Å². The molecule has 2 aromatic carbocycles. The summed E-state index contributed by atoms with van der Waals surface area (Å²) < 4.78 is 23.5. The summed E-state index contributed by atoms with van der Waals surface area (Å²) in [5.41, 5.74) is 7.67. The van der Waals surface area contributed by atoms with Crippen LogP contribution in [0.2, 0.25) is 0 Å². The molecule has 0 aliphatic rings. The van der Waals surface area contributed by atoms with Crippen LogP contribution < -0.4 is 15.2 Å². The van der Waals surface area contributed by atoms with Gasteiger partial charge in [-0.25, -0.2) is 9.37 Å². The van der Waals surface area contributed by atoms with Crippen LogP contribution in [-0.4, -0.2) is 29.4 Å². The number of nitrogens with one attached hydrogen (secondary N) is 1. The molecule has 1 atom stereocenters. The molecule has 124 valence electrons. The van der Waals surface area contributed by atoms with Gasteiger partial charge in [0.05, 0.1) is 20.3 Å². The van der Waals surface area contributed by atoms with Crippen LogP contribution in [0.1, 0.15) is 17.4 Å². The Hall–Kier alpha value is -2.93. The van der Waals surface area contributed by atoms with Crippen molar-refractivity contribution in [3.63, 3.8) is 0 Å².